The van der Waals surface area contributed by atoms with Gasteiger partial charge in [-0.1, -0.05) is 0 Å². The first-order valence-corrected chi connectivity index (χ1v) is 9.50. The number of benzene rings is 1. The normalized spacial score (nSPS) is 20.1. The van der Waals surface area contributed by atoms with Crippen LogP contribution in [0, 0.1) is 0 Å². The predicted molar refractivity (Wildman–Crippen MR) is 99.8 cm³/mol. The summed E-state index contributed by atoms with van der Waals surface area (Å²) in [6.07, 6.45) is 4.65. The minimum Gasteiger partial charge on any atom is -0.349 e. The molecule has 0 atom stereocenters. The van der Waals surface area contributed by atoms with Gasteiger partial charge in [-0.3, -0.25) is 9.59 Å². The second kappa shape index (κ2) is 8.00. The lowest BCUT2D eigenvalue weighted by atomic mass is 10.0. The lowest BCUT2D eigenvalue weighted by Crippen LogP contribution is -2.46. The van der Waals surface area contributed by atoms with Crippen LogP contribution < -0.4 is 10.2 Å². The van der Waals surface area contributed by atoms with Crippen LogP contribution in [0.4, 0.5) is 5.69 Å². The van der Waals surface area contributed by atoms with Crippen molar-refractivity contribution in [2.45, 2.75) is 58.0 Å². The van der Waals surface area contributed by atoms with Gasteiger partial charge in [-0.15, -0.1) is 0 Å². The molecule has 25 heavy (non-hydrogen) atoms. The first-order chi connectivity index (χ1) is 12.0. The number of likely N-dealkylation sites (tertiary alicyclic amines) is 1. The Morgan fingerprint density at radius 2 is 1.76 bits per heavy atom. The van der Waals surface area contributed by atoms with Crippen molar-refractivity contribution in [2.24, 2.45) is 0 Å². The van der Waals surface area contributed by atoms with Gasteiger partial charge in [-0.25, -0.2) is 0 Å². The summed E-state index contributed by atoms with van der Waals surface area (Å²) >= 11 is 0. The molecule has 1 aromatic carbocycles. The van der Waals surface area contributed by atoms with E-state index in [2.05, 4.69) is 24.1 Å². The lowest BCUT2D eigenvalue weighted by molar-refractivity contribution is -0.119. The number of carbonyl (C=O) groups excluding carboxylic acids is 2. The Hall–Kier alpha value is -1.88. The number of rotatable bonds is 4. The summed E-state index contributed by atoms with van der Waals surface area (Å²) in [6.45, 7) is 7.29. The zero-order chi connectivity index (χ0) is 17.8. The molecule has 0 saturated carbocycles. The summed E-state index contributed by atoms with van der Waals surface area (Å²) < 4.78 is 0. The number of carbonyl (C=O) groups is 2. The fraction of sp³-hybridized carbons (Fsp3) is 0.600. The summed E-state index contributed by atoms with van der Waals surface area (Å²) in [5.41, 5.74) is 1.56. The first kappa shape index (κ1) is 17.9. The quantitative estimate of drug-likeness (QED) is 0.915. The van der Waals surface area contributed by atoms with Crippen molar-refractivity contribution in [2.75, 3.05) is 24.5 Å². The third-order valence-electron chi connectivity index (χ3n) is 5.36. The Bertz CT molecular complexity index is 604. The SMILES string of the molecule is CC(C)N1CCC(NC(=O)c2ccc(N3CCCCC3=O)cc2)CC1. The molecule has 2 saturated heterocycles. The van der Waals surface area contributed by atoms with Gasteiger partial charge in [0.25, 0.3) is 5.91 Å². The van der Waals surface area contributed by atoms with E-state index in [0.717, 1.165) is 51.0 Å². The molecule has 5 heteroatoms. The van der Waals surface area contributed by atoms with Gasteiger partial charge in [-0.05, 0) is 63.8 Å². The second-order valence-electron chi connectivity index (χ2n) is 7.43. The Labute approximate surface area is 150 Å². The number of nitrogens with zero attached hydrogens (tertiary/aromatic N) is 2. The highest BCUT2D eigenvalue weighted by molar-refractivity contribution is 5.97. The van der Waals surface area contributed by atoms with Crippen molar-refractivity contribution < 1.29 is 9.59 Å². The van der Waals surface area contributed by atoms with Gasteiger partial charge < -0.3 is 15.1 Å². The van der Waals surface area contributed by atoms with E-state index in [1.165, 1.54) is 0 Å². The summed E-state index contributed by atoms with van der Waals surface area (Å²) in [6, 6.07) is 8.26. The molecule has 136 valence electrons. The van der Waals surface area contributed by atoms with Gasteiger partial charge in [0.15, 0.2) is 0 Å². The molecule has 2 fully saturated rings. The summed E-state index contributed by atoms with van der Waals surface area (Å²) in [4.78, 5) is 28.7. The van der Waals surface area contributed by atoms with Gasteiger partial charge in [-0.2, -0.15) is 0 Å². The van der Waals surface area contributed by atoms with Gasteiger partial charge in [0.2, 0.25) is 5.91 Å². The highest BCUT2D eigenvalue weighted by Gasteiger charge is 2.23. The third kappa shape index (κ3) is 4.40. The van der Waals surface area contributed by atoms with Crippen molar-refractivity contribution in [1.82, 2.24) is 10.2 Å². The molecule has 2 heterocycles. The minimum atomic E-state index is -0.0143. The molecule has 0 radical (unpaired) electrons. The van der Waals surface area contributed by atoms with Gasteiger partial charge in [0.1, 0.15) is 0 Å². The molecule has 1 N–H and O–H groups in total. The Kier molecular flexibility index (Phi) is 5.74. The molecule has 2 amide bonds. The predicted octanol–water partition coefficient (Wildman–Crippen LogP) is 2.81. The van der Waals surface area contributed by atoms with Crippen molar-refractivity contribution in [3.63, 3.8) is 0 Å². The first-order valence-electron chi connectivity index (χ1n) is 9.50. The third-order valence-corrected chi connectivity index (χ3v) is 5.36. The fourth-order valence-corrected chi connectivity index (χ4v) is 3.70. The molecule has 0 aromatic heterocycles. The van der Waals surface area contributed by atoms with E-state index < -0.39 is 0 Å². The molecular weight excluding hydrogens is 314 g/mol. The molecule has 0 aliphatic carbocycles. The Balaban J connectivity index is 1.55. The van der Waals surface area contributed by atoms with Crippen molar-refractivity contribution in [3.8, 4) is 0 Å². The fourth-order valence-electron chi connectivity index (χ4n) is 3.70. The number of hydrogen-bond donors (Lipinski definition) is 1. The number of nitrogens with one attached hydrogen (secondary N) is 1. The molecule has 2 aliphatic heterocycles. The average Bonchev–Trinajstić information content (AvgIpc) is 2.63. The van der Waals surface area contributed by atoms with E-state index in [4.69, 9.17) is 0 Å². The molecular formula is C20H29N3O2. The van der Waals surface area contributed by atoms with Crippen LogP contribution in [0.2, 0.25) is 0 Å². The van der Waals surface area contributed by atoms with E-state index in [1.54, 1.807) is 0 Å². The summed E-state index contributed by atoms with van der Waals surface area (Å²) in [5.74, 6) is 0.167. The Morgan fingerprint density at radius 1 is 1.08 bits per heavy atom. The molecule has 5 nitrogen and oxygen atoms in total. The Morgan fingerprint density at radius 3 is 2.36 bits per heavy atom. The second-order valence-corrected chi connectivity index (χ2v) is 7.43. The van der Waals surface area contributed by atoms with Crippen LogP contribution >= 0.6 is 0 Å². The van der Waals surface area contributed by atoms with E-state index in [1.807, 2.05) is 29.2 Å². The molecule has 0 spiro atoms. The van der Waals surface area contributed by atoms with Crippen molar-refractivity contribution in [1.29, 1.82) is 0 Å². The number of hydrogen-bond acceptors (Lipinski definition) is 3. The van der Waals surface area contributed by atoms with Crippen molar-refractivity contribution in [3.05, 3.63) is 29.8 Å². The maximum atomic E-state index is 12.5. The van der Waals surface area contributed by atoms with Crippen LogP contribution in [0.3, 0.4) is 0 Å². The van der Waals surface area contributed by atoms with E-state index in [0.29, 0.717) is 18.0 Å². The van der Waals surface area contributed by atoms with Gasteiger partial charge in [0, 0.05) is 49.4 Å². The summed E-state index contributed by atoms with van der Waals surface area (Å²) in [5, 5.41) is 3.16. The zero-order valence-electron chi connectivity index (χ0n) is 15.3. The van der Waals surface area contributed by atoms with Crippen LogP contribution in [-0.4, -0.2) is 48.4 Å². The molecule has 1 aromatic rings. The van der Waals surface area contributed by atoms with Crippen LogP contribution in [-0.2, 0) is 4.79 Å². The highest BCUT2D eigenvalue weighted by atomic mass is 16.2. The van der Waals surface area contributed by atoms with Crippen molar-refractivity contribution >= 4 is 17.5 Å². The topological polar surface area (TPSA) is 52.7 Å². The maximum Gasteiger partial charge on any atom is 0.251 e. The average molecular weight is 343 g/mol. The zero-order valence-corrected chi connectivity index (χ0v) is 15.3. The van der Waals surface area contributed by atoms with Crippen LogP contribution in [0.25, 0.3) is 0 Å². The van der Waals surface area contributed by atoms with Gasteiger partial charge in [0.05, 0.1) is 0 Å². The standard InChI is InChI=1S/C20H29N3O2/c1-15(2)22-13-10-17(11-14-22)21-20(25)16-6-8-18(9-7-16)23-12-4-3-5-19(23)24/h6-9,15,17H,3-5,10-14H2,1-2H3,(H,21,25). The highest BCUT2D eigenvalue weighted by Crippen LogP contribution is 2.21. The van der Waals surface area contributed by atoms with E-state index >= 15 is 0 Å². The minimum absolute atomic E-state index is 0.0143. The molecule has 3 rings (SSSR count). The largest absolute Gasteiger partial charge is 0.349 e. The molecule has 2 aliphatic rings. The smallest absolute Gasteiger partial charge is 0.251 e. The maximum absolute atomic E-state index is 12.5. The van der Waals surface area contributed by atoms with Gasteiger partial charge >= 0.3 is 0 Å². The van der Waals surface area contributed by atoms with E-state index in [-0.39, 0.29) is 17.9 Å². The number of anilines is 1. The number of amides is 2. The monoisotopic (exact) mass is 343 g/mol. The van der Waals surface area contributed by atoms with Crippen LogP contribution in [0.5, 0.6) is 0 Å². The summed E-state index contributed by atoms with van der Waals surface area (Å²) in [7, 11) is 0. The molecule has 0 bridgehead atoms. The molecule has 0 unspecified atom stereocenters. The van der Waals surface area contributed by atoms with E-state index in [9.17, 15) is 9.59 Å². The lowest BCUT2D eigenvalue weighted by Gasteiger charge is -2.34. The number of piperidine rings is 2. The van der Waals surface area contributed by atoms with Crippen LogP contribution in [0.1, 0.15) is 56.3 Å². The van der Waals surface area contributed by atoms with Crippen LogP contribution in [0.15, 0.2) is 24.3 Å².